The Bertz CT molecular complexity index is 545. The zero-order chi connectivity index (χ0) is 15.9. The Balaban J connectivity index is 2.52. The summed E-state index contributed by atoms with van der Waals surface area (Å²) in [6.07, 6.45) is 2.31. The molecule has 0 saturated carbocycles. The Hall–Kier alpha value is -0.590. The summed E-state index contributed by atoms with van der Waals surface area (Å²) in [5, 5.41) is 3.29. The fraction of sp³-hybridized carbons (Fsp3) is 0.600. The Morgan fingerprint density at radius 2 is 1.95 bits per heavy atom. The second-order valence-electron chi connectivity index (χ2n) is 5.39. The van der Waals surface area contributed by atoms with Crippen molar-refractivity contribution in [1.29, 1.82) is 0 Å². The molecule has 0 atom stereocenters. The summed E-state index contributed by atoms with van der Waals surface area (Å²) in [7, 11) is -3.27. The molecule has 0 bridgehead atoms. The Morgan fingerprint density at radius 3 is 2.57 bits per heavy atom. The fourth-order valence-electron chi connectivity index (χ4n) is 1.98. The number of sulfonamides is 1. The second kappa shape index (κ2) is 8.76. The maximum Gasteiger partial charge on any atom is 0.232 e. The highest BCUT2D eigenvalue weighted by atomic mass is 79.9. The summed E-state index contributed by atoms with van der Waals surface area (Å²) in [6.45, 7) is 7.03. The van der Waals surface area contributed by atoms with Crippen molar-refractivity contribution in [2.75, 3.05) is 17.0 Å². The summed E-state index contributed by atoms with van der Waals surface area (Å²) < 4.78 is 27.9. The van der Waals surface area contributed by atoms with Crippen LogP contribution in [0.1, 0.15) is 39.2 Å². The number of hydrogen-bond donors (Lipinski definition) is 2. The van der Waals surface area contributed by atoms with Crippen molar-refractivity contribution in [2.24, 2.45) is 0 Å². The van der Waals surface area contributed by atoms with Crippen molar-refractivity contribution in [3.8, 4) is 0 Å². The third kappa shape index (κ3) is 7.29. The van der Waals surface area contributed by atoms with Gasteiger partial charge in [0.1, 0.15) is 0 Å². The lowest BCUT2D eigenvalue weighted by Crippen LogP contribution is -2.24. The lowest BCUT2D eigenvalue weighted by atomic mass is 10.1. The van der Waals surface area contributed by atoms with Crippen LogP contribution < -0.4 is 10.0 Å². The number of halogens is 1. The molecule has 0 radical (unpaired) electrons. The van der Waals surface area contributed by atoms with Crippen LogP contribution in [0.5, 0.6) is 0 Å². The third-order valence-electron chi connectivity index (χ3n) is 3.11. The smallest absolute Gasteiger partial charge is 0.232 e. The van der Waals surface area contributed by atoms with E-state index in [2.05, 4.69) is 39.8 Å². The Labute approximate surface area is 136 Å². The van der Waals surface area contributed by atoms with E-state index < -0.39 is 10.0 Å². The molecule has 1 aromatic carbocycles. The van der Waals surface area contributed by atoms with Gasteiger partial charge in [0.05, 0.1) is 11.4 Å². The van der Waals surface area contributed by atoms with Crippen LogP contribution in [0.4, 0.5) is 5.69 Å². The highest BCUT2D eigenvalue weighted by Crippen LogP contribution is 2.22. The average molecular weight is 377 g/mol. The highest BCUT2D eigenvalue weighted by Gasteiger charge is 2.12. The normalized spacial score (nSPS) is 11.9. The van der Waals surface area contributed by atoms with Gasteiger partial charge in [-0.15, -0.1) is 0 Å². The van der Waals surface area contributed by atoms with E-state index in [1.165, 1.54) is 0 Å². The molecule has 0 aliphatic heterocycles. The first-order chi connectivity index (χ1) is 9.84. The van der Waals surface area contributed by atoms with Crippen LogP contribution in [0, 0.1) is 0 Å². The minimum absolute atomic E-state index is 0.159. The summed E-state index contributed by atoms with van der Waals surface area (Å²) in [5.41, 5.74) is 1.68. The maximum absolute atomic E-state index is 12.1. The lowest BCUT2D eigenvalue weighted by Gasteiger charge is -2.12. The topological polar surface area (TPSA) is 58.2 Å². The predicted octanol–water partition coefficient (Wildman–Crippen LogP) is 3.53. The summed E-state index contributed by atoms with van der Waals surface area (Å²) in [4.78, 5) is 0. The van der Waals surface area contributed by atoms with Crippen LogP contribution in [0.2, 0.25) is 0 Å². The maximum atomic E-state index is 12.1. The first-order valence-electron chi connectivity index (χ1n) is 7.36. The highest BCUT2D eigenvalue weighted by molar-refractivity contribution is 9.10. The number of hydrogen-bond acceptors (Lipinski definition) is 3. The molecule has 2 N–H and O–H groups in total. The molecule has 120 valence electrons. The molecule has 0 spiro atoms. The largest absolute Gasteiger partial charge is 0.315 e. The standard InChI is InChI=1S/C15H25BrN2O2S/c1-4-13-11-14(16)7-8-15(13)18-21(19,20)10-6-5-9-17-12(2)3/h7-8,11-12,17-18H,4-6,9-10H2,1-3H3. The van der Waals surface area contributed by atoms with Crippen LogP contribution in [-0.2, 0) is 16.4 Å². The first-order valence-corrected chi connectivity index (χ1v) is 9.81. The molecule has 0 unspecified atom stereocenters. The molecule has 21 heavy (non-hydrogen) atoms. The Morgan fingerprint density at radius 1 is 1.24 bits per heavy atom. The molecule has 0 aliphatic carbocycles. The number of rotatable bonds is 9. The zero-order valence-electron chi connectivity index (χ0n) is 12.9. The number of unbranched alkanes of at least 4 members (excludes halogenated alkanes) is 1. The third-order valence-corrected chi connectivity index (χ3v) is 4.96. The molecule has 0 fully saturated rings. The second-order valence-corrected chi connectivity index (χ2v) is 8.15. The fourth-order valence-corrected chi connectivity index (χ4v) is 3.61. The van der Waals surface area contributed by atoms with Crippen molar-refractivity contribution in [3.63, 3.8) is 0 Å². The van der Waals surface area contributed by atoms with Crippen LogP contribution in [-0.4, -0.2) is 26.8 Å². The van der Waals surface area contributed by atoms with Crippen LogP contribution in [0.15, 0.2) is 22.7 Å². The lowest BCUT2D eigenvalue weighted by molar-refractivity contribution is 0.561. The number of nitrogens with one attached hydrogen (secondary N) is 2. The van der Waals surface area contributed by atoms with Gasteiger partial charge < -0.3 is 5.32 Å². The van der Waals surface area contributed by atoms with Crippen molar-refractivity contribution in [3.05, 3.63) is 28.2 Å². The van der Waals surface area contributed by atoms with Gasteiger partial charge in [0, 0.05) is 10.5 Å². The van der Waals surface area contributed by atoms with Gasteiger partial charge in [-0.2, -0.15) is 0 Å². The van der Waals surface area contributed by atoms with E-state index in [-0.39, 0.29) is 5.75 Å². The summed E-state index contributed by atoms with van der Waals surface area (Å²) in [6, 6.07) is 6.05. The molecule has 6 heteroatoms. The average Bonchev–Trinajstić information content (AvgIpc) is 2.39. The van der Waals surface area contributed by atoms with Crippen molar-refractivity contribution >= 4 is 31.6 Å². The van der Waals surface area contributed by atoms with Gasteiger partial charge in [-0.3, -0.25) is 4.72 Å². The number of anilines is 1. The molecule has 0 amide bonds. The minimum atomic E-state index is -3.27. The van der Waals surface area contributed by atoms with Crippen LogP contribution in [0.25, 0.3) is 0 Å². The number of benzene rings is 1. The zero-order valence-corrected chi connectivity index (χ0v) is 15.4. The van der Waals surface area contributed by atoms with Crippen molar-refractivity contribution in [1.82, 2.24) is 5.32 Å². The van der Waals surface area contributed by atoms with Gasteiger partial charge >= 0.3 is 0 Å². The summed E-state index contributed by atoms with van der Waals surface area (Å²) in [5.74, 6) is 0.159. The van der Waals surface area contributed by atoms with Gasteiger partial charge in [0.15, 0.2) is 0 Å². The van der Waals surface area contributed by atoms with Crippen molar-refractivity contribution < 1.29 is 8.42 Å². The molecule has 1 rings (SSSR count). The van der Waals surface area contributed by atoms with E-state index in [4.69, 9.17) is 0 Å². The van der Waals surface area contributed by atoms with E-state index in [0.29, 0.717) is 18.2 Å². The minimum Gasteiger partial charge on any atom is -0.315 e. The quantitative estimate of drug-likeness (QED) is 0.648. The molecule has 0 saturated heterocycles. The van der Waals surface area contributed by atoms with Gasteiger partial charge in [0.2, 0.25) is 10.0 Å². The van der Waals surface area contributed by atoms with E-state index in [9.17, 15) is 8.42 Å². The number of aryl methyl sites for hydroxylation is 1. The first kappa shape index (κ1) is 18.5. The van der Waals surface area contributed by atoms with E-state index in [1.807, 2.05) is 19.1 Å². The van der Waals surface area contributed by atoms with Crippen LogP contribution in [0.3, 0.4) is 0 Å². The van der Waals surface area contributed by atoms with Gasteiger partial charge in [0.25, 0.3) is 0 Å². The molecule has 0 aromatic heterocycles. The van der Waals surface area contributed by atoms with Gasteiger partial charge in [-0.25, -0.2) is 8.42 Å². The molecule has 4 nitrogen and oxygen atoms in total. The molecular formula is C15H25BrN2O2S. The predicted molar refractivity (Wildman–Crippen MR) is 93.3 cm³/mol. The molecule has 1 aromatic rings. The van der Waals surface area contributed by atoms with Crippen LogP contribution >= 0.6 is 15.9 Å². The summed E-state index contributed by atoms with van der Waals surface area (Å²) >= 11 is 3.40. The van der Waals surface area contributed by atoms with Gasteiger partial charge in [-0.05, 0) is 49.6 Å². The van der Waals surface area contributed by atoms with E-state index >= 15 is 0 Å². The Kier molecular flexibility index (Phi) is 7.70. The van der Waals surface area contributed by atoms with E-state index in [1.54, 1.807) is 6.07 Å². The molecule has 0 aliphatic rings. The van der Waals surface area contributed by atoms with E-state index in [0.717, 1.165) is 29.4 Å². The van der Waals surface area contributed by atoms with Crippen molar-refractivity contribution in [2.45, 2.75) is 46.1 Å². The SMILES string of the molecule is CCc1cc(Br)ccc1NS(=O)(=O)CCCCNC(C)C. The van der Waals surface area contributed by atoms with Gasteiger partial charge in [-0.1, -0.05) is 36.7 Å². The monoisotopic (exact) mass is 376 g/mol. The molecule has 0 heterocycles. The molecular weight excluding hydrogens is 352 g/mol.